The minimum atomic E-state index is -3.30. The fourth-order valence-electron chi connectivity index (χ4n) is 0.623. The highest BCUT2D eigenvalue weighted by Crippen LogP contribution is 2.37. The Kier molecular flexibility index (Phi) is 3.87. The smallest absolute Gasteiger partial charge is 0.331 e. The zero-order valence-corrected chi connectivity index (χ0v) is 7.99. The summed E-state index contributed by atoms with van der Waals surface area (Å²) in [5, 5.41) is 9.23. The molecule has 0 bridgehead atoms. The summed E-state index contributed by atoms with van der Waals surface area (Å²) in [7, 11) is 1.26. The molecule has 0 aromatic heterocycles. The Hall–Kier alpha value is 0.260. The highest BCUT2D eigenvalue weighted by atomic mass is 79.9. The van der Waals surface area contributed by atoms with Crippen molar-refractivity contribution < 1.29 is 18.6 Å². The largest absolute Gasteiger partial charge is 0.381 e. The molecule has 68 valence electrons. The molecule has 0 rings (SSSR count). The van der Waals surface area contributed by atoms with Gasteiger partial charge in [-0.25, -0.2) is 0 Å². The van der Waals surface area contributed by atoms with Crippen LogP contribution in [-0.4, -0.2) is 29.3 Å². The summed E-state index contributed by atoms with van der Waals surface area (Å²) in [4.78, 5) is -3.30. The number of ether oxygens (including phenoxy) is 1. The van der Waals surface area contributed by atoms with Crippen LogP contribution < -0.4 is 0 Å². The minimum absolute atomic E-state index is 0.0703. The lowest BCUT2D eigenvalue weighted by molar-refractivity contribution is -0.148. The van der Waals surface area contributed by atoms with Crippen molar-refractivity contribution in [2.24, 2.45) is 0 Å². The van der Waals surface area contributed by atoms with E-state index in [1.54, 1.807) is 0 Å². The Balaban J connectivity index is 4.33. The molecule has 5 heteroatoms. The third-order valence-electron chi connectivity index (χ3n) is 1.50. The van der Waals surface area contributed by atoms with Gasteiger partial charge in [-0.15, -0.1) is 0 Å². The van der Waals surface area contributed by atoms with Gasteiger partial charge in [-0.05, 0) is 22.4 Å². The fourth-order valence-corrected chi connectivity index (χ4v) is 1.02. The second kappa shape index (κ2) is 3.78. The van der Waals surface area contributed by atoms with Gasteiger partial charge in [0.25, 0.3) is 0 Å². The number of hydrogen-bond acceptors (Lipinski definition) is 2. The van der Waals surface area contributed by atoms with Gasteiger partial charge in [0.05, 0.1) is 6.61 Å². The minimum Gasteiger partial charge on any atom is -0.381 e. The molecule has 11 heavy (non-hydrogen) atoms. The van der Waals surface area contributed by atoms with E-state index in [4.69, 9.17) is 0 Å². The number of hydrogen-bond donors (Lipinski definition) is 1. The molecule has 0 aliphatic heterocycles. The van der Waals surface area contributed by atoms with Crippen LogP contribution in [0.3, 0.4) is 0 Å². The Morgan fingerprint density at radius 2 is 2.00 bits per heavy atom. The molecule has 0 heterocycles. The normalized spacial score (nSPS) is 18.0. The molecule has 1 atom stereocenters. The van der Waals surface area contributed by atoms with E-state index < -0.39 is 10.4 Å². The lowest BCUT2D eigenvalue weighted by Gasteiger charge is -2.30. The van der Waals surface area contributed by atoms with Crippen molar-refractivity contribution in [2.45, 2.75) is 23.8 Å². The van der Waals surface area contributed by atoms with Crippen LogP contribution in [0.5, 0.6) is 0 Å². The summed E-state index contributed by atoms with van der Waals surface area (Å²) in [6, 6.07) is 0. The van der Waals surface area contributed by atoms with E-state index in [9.17, 15) is 13.9 Å². The number of alkyl halides is 3. The highest BCUT2D eigenvalue weighted by molar-refractivity contribution is 9.10. The van der Waals surface area contributed by atoms with Crippen molar-refractivity contribution in [3.63, 3.8) is 0 Å². The first kappa shape index (κ1) is 11.3. The Morgan fingerprint density at radius 1 is 1.55 bits per heavy atom. The molecule has 0 saturated heterocycles. The number of halogens is 3. The van der Waals surface area contributed by atoms with E-state index in [0.717, 1.165) is 0 Å². The van der Waals surface area contributed by atoms with Crippen LogP contribution >= 0.6 is 15.9 Å². The standard InChI is InChI=1S/C6H11BrF2O2/c1-3-5(10,4-11-2)6(7,8)9/h10H,3-4H2,1-2H3. The molecule has 0 aliphatic rings. The van der Waals surface area contributed by atoms with E-state index in [-0.39, 0.29) is 13.0 Å². The van der Waals surface area contributed by atoms with Crippen LogP contribution in [0.15, 0.2) is 0 Å². The molecule has 0 aliphatic carbocycles. The molecule has 0 saturated carbocycles. The van der Waals surface area contributed by atoms with E-state index in [1.165, 1.54) is 14.0 Å². The molecule has 2 nitrogen and oxygen atoms in total. The van der Waals surface area contributed by atoms with Crippen LogP contribution in [0.2, 0.25) is 0 Å². The van der Waals surface area contributed by atoms with Gasteiger partial charge in [-0.2, -0.15) is 8.78 Å². The first-order valence-corrected chi connectivity index (χ1v) is 3.94. The topological polar surface area (TPSA) is 29.5 Å². The lowest BCUT2D eigenvalue weighted by atomic mass is 10.0. The quantitative estimate of drug-likeness (QED) is 0.749. The molecule has 1 unspecified atom stereocenters. The monoisotopic (exact) mass is 232 g/mol. The third kappa shape index (κ3) is 2.65. The predicted molar refractivity (Wildman–Crippen MR) is 41.0 cm³/mol. The van der Waals surface area contributed by atoms with Crippen LogP contribution in [0.25, 0.3) is 0 Å². The number of rotatable bonds is 4. The Bertz CT molecular complexity index is 126. The zero-order chi connectivity index (χ0) is 9.12. The Labute approximate surface area is 72.7 Å². The molecule has 1 N–H and O–H groups in total. The van der Waals surface area contributed by atoms with Crippen LogP contribution in [-0.2, 0) is 4.74 Å². The van der Waals surface area contributed by atoms with Gasteiger partial charge in [-0.1, -0.05) is 6.92 Å². The molecule has 0 radical (unpaired) electrons. The Morgan fingerprint density at radius 3 is 2.09 bits per heavy atom. The number of aliphatic hydroxyl groups is 1. The summed E-state index contributed by atoms with van der Waals surface area (Å²) < 4.78 is 29.6. The van der Waals surface area contributed by atoms with Gasteiger partial charge in [0.1, 0.15) is 0 Å². The van der Waals surface area contributed by atoms with Crippen molar-refractivity contribution >= 4 is 15.9 Å². The van der Waals surface area contributed by atoms with Crippen molar-refractivity contribution in [1.29, 1.82) is 0 Å². The first-order chi connectivity index (χ1) is 4.87. The fraction of sp³-hybridized carbons (Fsp3) is 1.00. The van der Waals surface area contributed by atoms with E-state index in [1.807, 2.05) is 0 Å². The second-order valence-electron chi connectivity index (χ2n) is 2.32. The maximum absolute atomic E-state index is 12.5. The molecule has 0 spiro atoms. The second-order valence-corrected chi connectivity index (χ2v) is 3.31. The maximum Gasteiger partial charge on any atom is 0.331 e. The SMILES string of the molecule is CCC(O)(COC)C(F)(F)Br. The molecule has 0 aromatic rings. The summed E-state index contributed by atoms with van der Waals surface area (Å²) in [5.41, 5.74) is -2.11. The van der Waals surface area contributed by atoms with Gasteiger partial charge >= 0.3 is 4.83 Å². The zero-order valence-electron chi connectivity index (χ0n) is 6.40. The van der Waals surface area contributed by atoms with E-state index in [0.29, 0.717) is 0 Å². The molecular formula is C6H11BrF2O2. The summed E-state index contributed by atoms with van der Waals surface area (Å²) in [6.45, 7) is 1.08. The van der Waals surface area contributed by atoms with Crippen molar-refractivity contribution in [1.82, 2.24) is 0 Å². The summed E-state index contributed by atoms with van der Waals surface area (Å²) in [6.07, 6.45) is -0.0703. The van der Waals surface area contributed by atoms with E-state index >= 15 is 0 Å². The molecule has 0 amide bonds. The molecule has 0 aromatic carbocycles. The molecular weight excluding hydrogens is 222 g/mol. The van der Waals surface area contributed by atoms with Crippen LogP contribution in [0.4, 0.5) is 8.78 Å². The lowest BCUT2D eigenvalue weighted by Crippen LogP contribution is -2.47. The average molecular weight is 233 g/mol. The maximum atomic E-state index is 12.5. The first-order valence-electron chi connectivity index (χ1n) is 3.15. The highest BCUT2D eigenvalue weighted by Gasteiger charge is 2.49. The summed E-state index contributed by atoms with van der Waals surface area (Å²) in [5.74, 6) is 0. The number of methoxy groups -OCH3 is 1. The van der Waals surface area contributed by atoms with Gasteiger partial charge in [0, 0.05) is 7.11 Å². The predicted octanol–water partition coefficient (Wildman–Crippen LogP) is 1.76. The van der Waals surface area contributed by atoms with Gasteiger partial charge in [0.15, 0.2) is 5.60 Å². The van der Waals surface area contributed by atoms with Crippen molar-refractivity contribution in [3.8, 4) is 0 Å². The van der Waals surface area contributed by atoms with Crippen LogP contribution in [0, 0.1) is 0 Å². The van der Waals surface area contributed by atoms with Gasteiger partial charge < -0.3 is 9.84 Å². The van der Waals surface area contributed by atoms with Crippen molar-refractivity contribution in [2.75, 3.05) is 13.7 Å². The average Bonchev–Trinajstić information content (AvgIpc) is 1.86. The third-order valence-corrected chi connectivity index (χ3v) is 2.23. The van der Waals surface area contributed by atoms with Gasteiger partial charge in [-0.3, -0.25) is 0 Å². The van der Waals surface area contributed by atoms with E-state index in [2.05, 4.69) is 20.7 Å². The van der Waals surface area contributed by atoms with Crippen LogP contribution in [0.1, 0.15) is 13.3 Å². The van der Waals surface area contributed by atoms with Crippen molar-refractivity contribution in [3.05, 3.63) is 0 Å². The van der Waals surface area contributed by atoms with Gasteiger partial charge in [0.2, 0.25) is 0 Å². The molecule has 0 fully saturated rings. The summed E-state index contributed by atoms with van der Waals surface area (Å²) >= 11 is 2.10.